The van der Waals surface area contributed by atoms with Gasteiger partial charge in [0, 0.05) is 23.6 Å². The molecule has 1 aliphatic heterocycles. The van der Waals surface area contributed by atoms with Crippen molar-refractivity contribution in [1.29, 1.82) is 0 Å². The number of rotatable bonds is 4. The van der Waals surface area contributed by atoms with E-state index in [1.54, 1.807) is 7.11 Å². The Balaban J connectivity index is 1.55. The molecule has 0 aromatic heterocycles. The summed E-state index contributed by atoms with van der Waals surface area (Å²) in [6.07, 6.45) is 2.93. The number of amides is 1. The molecule has 0 radical (unpaired) electrons. The number of benzene rings is 3. The molecular weight excluding hydrogens is 436 g/mol. The van der Waals surface area contributed by atoms with Crippen molar-refractivity contribution in [3.8, 4) is 5.75 Å². The molecule has 1 fully saturated rings. The lowest BCUT2D eigenvalue weighted by molar-refractivity contribution is -0.120. The maximum atomic E-state index is 13.9. The average molecular weight is 465 g/mol. The highest BCUT2D eigenvalue weighted by molar-refractivity contribution is 6.07. The van der Waals surface area contributed by atoms with Crippen molar-refractivity contribution in [2.24, 2.45) is 5.92 Å². The predicted octanol–water partition coefficient (Wildman–Crippen LogP) is 6.01. The normalized spacial score (nSPS) is 21.5. The van der Waals surface area contributed by atoms with Crippen LogP contribution in [0.4, 0.5) is 11.4 Å². The predicted molar refractivity (Wildman–Crippen MR) is 136 cm³/mol. The van der Waals surface area contributed by atoms with Crippen molar-refractivity contribution >= 4 is 23.1 Å². The van der Waals surface area contributed by atoms with Crippen LogP contribution in [0.5, 0.6) is 5.75 Å². The van der Waals surface area contributed by atoms with Crippen LogP contribution >= 0.6 is 0 Å². The van der Waals surface area contributed by atoms with Crippen LogP contribution < -0.4 is 15.0 Å². The Morgan fingerprint density at radius 3 is 2.43 bits per heavy atom. The van der Waals surface area contributed by atoms with Gasteiger partial charge in [-0.25, -0.2) is 0 Å². The molecule has 3 aliphatic rings. The van der Waals surface area contributed by atoms with Gasteiger partial charge in [-0.05, 0) is 60.6 Å². The van der Waals surface area contributed by atoms with Gasteiger partial charge in [0.25, 0.3) is 0 Å². The zero-order valence-corrected chi connectivity index (χ0v) is 19.7. The quantitative estimate of drug-likeness (QED) is 0.514. The Bertz CT molecular complexity index is 1330. The largest absolute Gasteiger partial charge is 0.497 e. The molecule has 3 aromatic carbocycles. The van der Waals surface area contributed by atoms with E-state index in [0.717, 1.165) is 41.0 Å². The molecule has 1 heterocycles. The first-order valence-corrected chi connectivity index (χ1v) is 12.3. The standard InChI is InChI=1S/C30H28N2O3/c1-35-23-11-7-10-21(16-23)29-28-25(17-22(18-27(28)33)19-8-3-2-4-9-19)31-24-12-5-6-13-26(24)32(29)30(34)20-14-15-20/h2-13,16,20,22,29,31H,14-15,17-18H2,1H3/t22-,29+/m1/s1. The summed E-state index contributed by atoms with van der Waals surface area (Å²) in [5, 5.41) is 3.60. The third kappa shape index (κ3) is 3.91. The van der Waals surface area contributed by atoms with Gasteiger partial charge in [-0.15, -0.1) is 0 Å². The summed E-state index contributed by atoms with van der Waals surface area (Å²) in [7, 11) is 1.64. The van der Waals surface area contributed by atoms with E-state index in [4.69, 9.17) is 4.74 Å². The van der Waals surface area contributed by atoms with Crippen molar-refractivity contribution in [1.82, 2.24) is 0 Å². The molecule has 0 spiro atoms. The van der Waals surface area contributed by atoms with E-state index >= 15 is 0 Å². The minimum atomic E-state index is -0.506. The van der Waals surface area contributed by atoms with Gasteiger partial charge in [-0.2, -0.15) is 0 Å². The van der Waals surface area contributed by atoms with Gasteiger partial charge in [0.2, 0.25) is 5.91 Å². The second-order valence-electron chi connectivity index (χ2n) is 9.64. The number of Topliss-reactive ketones (excluding diaryl/α,β-unsaturated/α-hetero) is 1. The SMILES string of the molecule is COc1cccc([C@H]2C3=C(C[C@@H](c4ccccc4)CC3=O)Nc3ccccc3N2C(=O)C2CC2)c1. The lowest BCUT2D eigenvalue weighted by Gasteiger charge is -2.35. The number of nitrogens with one attached hydrogen (secondary N) is 1. The smallest absolute Gasteiger partial charge is 0.231 e. The fraction of sp³-hybridized carbons (Fsp3) is 0.267. The first-order chi connectivity index (χ1) is 17.1. The van der Waals surface area contributed by atoms with Gasteiger partial charge in [0.1, 0.15) is 5.75 Å². The molecule has 5 heteroatoms. The van der Waals surface area contributed by atoms with E-state index in [-0.39, 0.29) is 23.5 Å². The van der Waals surface area contributed by atoms with Crippen molar-refractivity contribution in [2.75, 3.05) is 17.3 Å². The van der Waals surface area contributed by atoms with Gasteiger partial charge in [-0.1, -0.05) is 54.6 Å². The van der Waals surface area contributed by atoms with Crippen molar-refractivity contribution < 1.29 is 14.3 Å². The van der Waals surface area contributed by atoms with Gasteiger partial charge in [-0.3, -0.25) is 14.5 Å². The molecule has 6 rings (SSSR count). The number of nitrogens with zero attached hydrogens (tertiary/aromatic N) is 1. The van der Waals surface area contributed by atoms with Crippen LogP contribution in [0.2, 0.25) is 0 Å². The lowest BCUT2D eigenvalue weighted by atomic mass is 9.78. The number of allylic oxidation sites excluding steroid dienone is 1. The highest BCUT2D eigenvalue weighted by Crippen LogP contribution is 2.49. The number of methoxy groups -OCH3 is 1. The molecular formula is C30H28N2O3. The number of fused-ring (bicyclic) bond motifs is 1. The molecule has 0 unspecified atom stereocenters. The van der Waals surface area contributed by atoms with Gasteiger partial charge >= 0.3 is 0 Å². The van der Waals surface area contributed by atoms with Crippen LogP contribution in [-0.2, 0) is 9.59 Å². The molecule has 35 heavy (non-hydrogen) atoms. The number of hydrogen-bond donors (Lipinski definition) is 1. The van der Waals surface area contributed by atoms with Crippen LogP contribution in [0.15, 0.2) is 90.1 Å². The topological polar surface area (TPSA) is 58.6 Å². The van der Waals surface area contributed by atoms with Crippen LogP contribution in [0.3, 0.4) is 0 Å². The molecule has 1 saturated carbocycles. The average Bonchev–Trinajstić information content (AvgIpc) is 3.75. The number of anilines is 2. The molecule has 3 aromatic rings. The van der Waals surface area contributed by atoms with Crippen molar-refractivity contribution in [3.05, 3.63) is 101 Å². The van der Waals surface area contributed by atoms with Crippen LogP contribution in [-0.4, -0.2) is 18.8 Å². The maximum Gasteiger partial charge on any atom is 0.231 e. The summed E-state index contributed by atoms with van der Waals surface area (Å²) in [5.74, 6) is 0.979. The third-order valence-corrected chi connectivity index (χ3v) is 7.33. The molecule has 0 saturated heterocycles. The van der Waals surface area contributed by atoms with Gasteiger partial charge in [0.05, 0.1) is 24.5 Å². The molecule has 1 amide bonds. The number of ketones is 1. The highest BCUT2D eigenvalue weighted by Gasteiger charge is 2.45. The third-order valence-electron chi connectivity index (χ3n) is 7.33. The monoisotopic (exact) mass is 464 g/mol. The summed E-state index contributed by atoms with van der Waals surface area (Å²) in [6, 6.07) is 25.4. The van der Waals surface area contributed by atoms with Crippen molar-refractivity contribution in [2.45, 2.75) is 37.6 Å². The second kappa shape index (κ2) is 8.73. The number of ether oxygens (including phenoxy) is 1. The Morgan fingerprint density at radius 1 is 0.914 bits per heavy atom. The fourth-order valence-corrected chi connectivity index (χ4v) is 5.45. The van der Waals surface area contributed by atoms with Crippen LogP contribution in [0.25, 0.3) is 0 Å². The van der Waals surface area contributed by atoms with E-state index in [1.807, 2.05) is 71.6 Å². The summed E-state index contributed by atoms with van der Waals surface area (Å²) in [6.45, 7) is 0. The molecule has 2 atom stereocenters. The van der Waals surface area contributed by atoms with Gasteiger partial charge < -0.3 is 10.1 Å². The minimum absolute atomic E-state index is 0.00840. The van der Waals surface area contributed by atoms with E-state index in [0.29, 0.717) is 24.2 Å². The van der Waals surface area contributed by atoms with E-state index < -0.39 is 6.04 Å². The van der Waals surface area contributed by atoms with Crippen LogP contribution in [0.1, 0.15) is 48.8 Å². The Labute approximate surface area is 205 Å². The Kier molecular flexibility index (Phi) is 5.40. The summed E-state index contributed by atoms with van der Waals surface area (Å²) < 4.78 is 5.52. The molecule has 5 nitrogen and oxygen atoms in total. The maximum absolute atomic E-state index is 13.9. The summed E-state index contributed by atoms with van der Waals surface area (Å²) in [5.41, 5.74) is 5.32. The fourth-order valence-electron chi connectivity index (χ4n) is 5.45. The second-order valence-corrected chi connectivity index (χ2v) is 9.64. The first kappa shape index (κ1) is 21.7. The molecule has 1 N–H and O–H groups in total. The zero-order chi connectivity index (χ0) is 23.9. The first-order valence-electron chi connectivity index (χ1n) is 12.3. The zero-order valence-electron chi connectivity index (χ0n) is 19.7. The minimum Gasteiger partial charge on any atom is -0.497 e. The molecule has 176 valence electrons. The number of para-hydroxylation sites is 2. The number of carbonyl (C=O) groups excluding carboxylic acids is 2. The number of carbonyl (C=O) groups is 2. The van der Waals surface area contributed by atoms with E-state index in [2.05, 4.69) is 17.4 Å². The number of hydrogen-bond acceptors (Lipinski definition) is 4. The molecule has 2 aliphatic carbocycles. The summed E-state index contributed by atoms with van der Waals surface area (Å²) >= 11 is 0. The Hall–Kier alpha value is -3.86. The lowest BCUT2D eigenvalue weighted by Crippen LogP contribution is -2.39. The summed E-state index contributed by atoms with van der Waals surface area (Å²) in [4.78, 5) is 29.6. The van der Waals surface area contributed by atoms with Crippen molar-refractivity contribution in [3.63, 3.8) is 0 Å². The van der Waals surface area contributed by atoms with Gasteiger partial charge in [0.15, 0.2) is 5.78 Å². The highest BCUT2D eigenvalue weighted by atomic mass is 16.5. The van der Waals surface area contributed by atoms with E-state index in [9.17, 15) is 9.59 Å². The Morgan fingerprint density at radius 2 is 1.66 bits per heavy atom. The molecule has 0 bridgehead atoms. The van der Waals surface area contributed by atoms with Crippen LogP contribution in [0, 0.1) is 5.92 Å². The van der Waals surface area contributed by atoms with E-state index in [1.165, 1.54) is 0 Å².